The molecule has 2 fully saturated rings. The highest BCUT2D eigenvalue weighted by Crippen LogP contribution is 2.32. The molecule has 2 saturated carbocycles. The molecule has 0 saturated heterocycles. The summed E-state index contributed by atoms with van der Waals surface area (Å²) in [5.41, 5.74) is 1.61. The van der Waals surface area contributed by atoms with Gasteiger partial charge in [-0.05, 0) is 61.4 Å². The predicted octanol–water partition coefficient (Wildman–Crippen LogP) is 5.99. The zero-order chi connectivity index (χ0) is 31.8. The monoisotopic (exact) mass is 615 g/mol. The summed E-state index contributed by atoms with van der Waals surface area (Å²) in [4.78, 5) is 69.7. The molecule has 0 spiro atoms. The molecule has 3 N–H and O–H groups in total. The summed E-state index contributed by atoms with van der Waals surface area (Å²) in [6.07, 6.45) is 8.30. The Hall–Kier alpha value is -4.14. The number of hydrogen-bond acceptors (Lipinski definition) is 5. The van der Waals surface area contributed by atoms with Crippen molar-refractivity contribution < 1.29 is 28.4 Å². The van der Waals surface area contributed by atoms with E-state index in [1.54, 1.807) is 12.1 Å². The van der Waals surface area contributed by atoms with E-state index in [1.807, 2.05) is 30.3 Å². The molecule has 2 aliphatic rings. The summed E-state index contributed by atoms with van der Waals surface area (Å²) in [5.74, 6) is -3.62. The van der Waals surface area contributed by atoms with E-state index in [0.717, 1.165) is 50.5 Å². The zero-order valence-electron chi connectivity index (χ0n) is 25.6. The second kappa shape index (κ2) is 15.2. The van der Waals surface area contributed by atoms with Gasteiger partial charge in [-0.15, -0.1) is 0 Å². The summed E-state index contributed by atoms with van der Waals surface area (Å²) in [6.45, 7) is 0.154. The summed E-state index contributed by atoms with van der Waals surface area (Å²) in [7, 11) is 0. The van der Waals surface area contributed by atoms with E-state index >= 15 is 0 Å². The number of aromatic amines is 1. The smallest absolute Gasteiger partial charge is 0.289 e. The van der Waals surface area contributed by atoms with Gasteiger partial charge in [0.2, 0.25) is 11.7 Å². The number of Topliss-reactive ketones (excluding diaryl/α,β-unsaturated/α-hetero) is 3. The molecule has 9 heteroatoms. The lowest BCUT2D eigenvalue weighted by Crippen LogP contribution is -2.50. The van der Waals surface area contributed by atoms with Gasteiger partial charge in [-0.25, -0.2) is 4.39 Å². The number of carbonyl (C=O) groups excluding carboxylic acids is 5. The first-order valence-electron chi connectivity index (χ1n) is 16.3. The van der Waals surface area contributed by atoms with E-state index < -0.39 is 41.3 Å². The Labute approximate surface area is 262 Å². The lowest BCUT2D eigenvalue weighted by atomic mass is 9.80. The van der Waals surface area contributed by atoms with Crippen molar-refractivity contribution in [1.82, 2.24) is 15.6 Å². The number of H-pyrrole nitrogens is 1. The third kappa shape index (κ3) is 8.74. The van der Waals surface area contributed by atoms with Crippen LogP contribution in [0.2, 0.25) is 0 Å². The van der Waals surface area contributed by atoms with E-state index in [-0.39, 0.29) is 42.6 Å². The van der Waals surface area contributed by atoms with E-state index in [1.165, 1.54) is 12.1 Å². The van der Waals surface area contributed by atoms with Crippen LogP contribution in [0.4, 0.5) is 4.39 Å². The minimum atomic E-state index is -1.18. The molecule has 0 bridgehead atoms. The molecule has 1 heterocycles. The van der Waals surface area contributed by atoms with Crippen LogP contribution in [0.15, 0.2) is 54.6 Å². The highest BCUT2D eigenvalue weighted by Gasteiger charge is 2.35. The number of rotatable bonds is 13. The Balaban J connectivity index is 1.33. The summed E-state index contributed by atoms with van der Waals surface area (Å²) < 4.78 is 13.8. The molecule has 238 valence electrons. The number of nitrogens with one attached hydrogen (secondary N) is 3. The maximum absolute atomic E-state index is 13.9. The molecule has 1 aromatic heterocycles. The van der Waals surface area contributed by atoms with Crippen LogP contribution in [0.25, 0.3) is 10.9 Å². The van der Waals surface area contributed by atoms with Gasteiger partial charge >= 0.3 is 0 Å². The molecular weight excluding hydrogens is 573 g/mol. The number of halogens is 1. The first-order valence-corrected chi connectivity index (χ1v) is 16.3. The molecule has 45 heavy (non-hydrogen) atoms. The minimum Gasteiger partial charge on any atom is -0.352 e. The van der Waals surface area contributed by atoms with Crippen molar-refractivity contribution in [2.45, 2.75) is 89.6 Å². The topological polar surface area (TPSA) is 125 Å². The number of hydrogen-bond donors (Lipinski definition) is 3. The Morgan fingerprint density at radius 2 is 1.64 bits per heavy atom. The summed E-state index contributed by atoms with van der Waals surface area (Å²) in [6, 6.07) is 13.9. The number of fused-ring (bicyclic) bond motifs is 1. The number of aromatic nitrogens is 1. The van der Waals surface area contributed by atoms with Gasteiger partial charge in [0.25, 0.3) is 5.91 Å². The van der Waals surface area contributed by atoms with Crippen LogP contribution in [0, 0.1) is 23.6 Å². The van der Waals surface area contributed by atoms with Crippen LogP contribution < -0.4 is 10.6 Å². The molecule has 2 aromatic carbocycles. The molecule has 3 aromatic rings. The van der Waals surface area contributed by atoms with Crippen LogP contribution in [0.3, 0.4) is 0 Å². The van der Waals surface area contributed by atoms with Crippen molar-refractivity contribution in [2.75, 3.05) is 0 Å². The number of benzene rings is 2. The SMILES string of the molecule is O=C(NCc1ccccc1)C(=O)[C@H](C[C@@H]1CCCCC1=O)NC(=O)[C@@H](CC(=O)c1cc2ccc(F)cc2[nH]1)CC1CCCCC1. The zero-order valence-corrected chi connectivity index (χ0v) is 25.6. The highest BCUT2D eigenvalue weighted by atomic mass is 19.1. The number of ketones is 3. The molecule has 0 radical (unpaired) electrons. The van der Waals surface area contributed by atoms with Crippen LogP contribution in [0.5, 0.6) is 0 Å². The van der Waals surface area contributed by atoms with E-state index in [9.17, 15) is 28.4 Å². The third-order valence-electron chi connectivity index (χ3n) is 9.38. The Morgan fingerprint density at radius 1 is 0.889 bits per heavy atom. The molecule has 8 nitrogen and oxygen atoms in total. The van der Waals surface area contributed by atoms with Gasteiger partial charge in [0.15, 0.2) is 5.78 Å². The van der Waals surface area contributed by atoms with Crippen LogP contribution >= 0.6 is 0 Å². The van der Waals surface area contributed by atoms with Crippen molar-refractivity contribution >= 4 is 40.1 Å². The molecule has 0 unspecified atom stereocenters. The first-order chi connectivity index (χ1) is 21.8. The Morgan fingerprint density at radius 3 is 2.40 bits per heavy atom. The largest absolute Gasteiger partial charge is 0.352 e. The van der Waals surface area contributed by atoms with Crippen molar-refractivity contribution in [2.24, 2.45) is 17.8 Å². The van der Waals surface area contributed by atoms with Crippen LogP contribution in [-0.4, -0.2) is 40.2 Å². The average Bonchev–Trinajstić information content (AvgIpc) is 3.48. The standard InChI is InChI=1S/C36H42FN3O5/c37-28-16-15-25-18-30(39-29(25)21-28)33(42)20-27(17-23-9-3-1-4-10-23)35(44)40-31(19-26-13-7-8-14-32(26)41)34(43)36(45)38-22-24-11-5-2-6-12-24/h2,5-6,11-12,15-16,18,21,23,26-27,31,39H,1,3-4,7-10,13-14,17,19-20,22H2,(H,38,45)(H,40,44)/t26-,27+,31-/m0/s1. The summed E-state index contributed by atoms with van der Waals surface area (Å²) >= 11 is 0. The molecule has 0 aliphatic heterocycles. The second-order valence-corrected chi connectivity index (χ2v) is 12.7. The van der Waals surface area contributed by atoms with Gasteiger partial charge in [-0.2, -0.15) is 0 Å². The minimum absolute atomic E-state index is 0.0437. The van der Waals surface area contributed by atoms with Gasteiger partial charge < -0.3 is 15.6 Å². The molecule has 3 atom stereocenters. The first kappa shape index (κ1) is 32.3. The predicted molar refractivity (Wildman–Crippen MR) is 169 cm³/mol. The van der Waals surface area contributed by atoms with Crippen molar-refractivity contribution in [3.8, 4) is 0 Å². The van der Waals surface area contributed by atoms with E-state index in [2.05, 4.69) is 15.6 Å². The summed E-state index contributed by atoms with van der Waals surface area (Å²) in [5, 5.41) is 6.18. The third-order valence-corrected chi connectivity index (χ3v) is 9.38. The normalized spacial score (nSPS) is 18.7. The fourth-order valence-electron chi connectivity index (χ4n) is 6.83. The van der Waals surface area contributed by atoms with Crippen molar-refractivity contribution in [3.63, 3.8) is 0 Å². The fourth-order valence-corrected chi connectivity index (χ4v) is 6.83. The van der Waals surface area contributed by atoms with Crippen LogP contribution in [-0.2, 0) is 25.7 Å². The van der Waals surface area contributed by atoms with Gasteiger partial charge in [-0.3, -0.25) is 24.0 Å². The van der Waals surface area contributed by atoms with E-state index in [0.29, 0.717) is 30.2 Å². The quantitative estimate of drug-likeness (QED) is 0.161. The second-order valence-electron chi connectivity index (χ2n) is 12.7. The van der Waals surface area contributed by atoms with Gasteiger partial charge in [0.05, 0.1) is 11.7 Å². The van der Waals surface area contributed by atoms with Gasteiger partial charge in [0, 0.05) is 42.1 Å². The molecule has 2 amide bonds. The molecule has 2 aliphatic carbocycles. The van der Waals surface area contributed by atoms with Gasteiger partial charge in [-0.1, -0.05) is 68.9 Å². The maximum Gasteiger partial charge on any atom is 0.289 e. The Kier molecular flexibility index (Phi) is 10.9. The lowest BCUT2D eigenvalue weighted by molar-refractivity contribution is -0.141. The number of carbonyl (C=O) groups is 5. The Bertz CT molecular complexity index is 1530. The van der Waals surface area contributed by atoms with Crippen LogP contribution in [0.1, 0.15) is 93.1 Å². The number of amides is 2. The fraction of sp³-hybridized carbons (Fsp3) is 0.472. The van der Waals surface area contributed by atoms with Crippen molar-refractivity contribution in [1.29, 1.82) is 0 Å². The highest BCUT2D eigenvalue weighted by molar-refractivity contribution is 6.38. The lowest BCUT2D eigenvalue weighted by Gasteiger charge is -2.29. The average molecular weight is 616 g/mol. The van der Waals surface area contributed by atoms with Crippen molar-refractivity contribution in [3.05, 3.63) is 71.7 Å². The van der Waals surface area contributed by atoms with Gasteiger partial charge in [0.1, 0.15) is 11.6 Å². The van der Waals surface area contributed by atoms with E-state index in [4.69, 9.17) is 0 Å². The maximum atomic E-state index is 13.9. The molecular formula is C36H42FN3O5. The molecule has 5 rings (SSSR count).